The van der Waals surface area contributed by atoms with Crippen LogP contribution in [0.1, 0.15) is 51.9 Å². The summed E-state index contributed by atoms with van der Waals surface area (Å²) in [6.45, 7) is 2.90. The molecule has 0 aromatic heterocycles. The van der Waals surface area contributed by atoms with Crippen LogP contribution in [-0.4, -0.2) is 24.2 Å². The van der Waals surface area contributed by atoms with Crippen molar-refractivity contribution in [3.8, 4) is 5.75 Å². The number of rotatable bonds is 5. The Balaban J connectivity index is 0.00000225. The van der Waals surface area contributed by atoms with Gasteiger partial charge in [0.1, 0.15) is 11.4 Å². The van der Waals surface area contributed by atoms with Crippen molar-refractivity contribution in [2.75, 3.05) is 11.5 Å². The third-order valence-electron chi connectivity index (χ3n) is 4.71. The van der Waals surface area contributed by atoms with E-state index in [-0.39, 0.29) is 18.4 Å². The molecule has 3 rings (SSSR count). The second kappa shape index (κ2) is 8.43. The van der Waals surface area contributed by atoms with Gasteiger partial charge in [-0.15, -0.1) is 0 Å². The first-order valence-electron chi connectivity index (χ1n) is 8.87. The van der Waals surface area contributed by atoms with E-state index < -0.39 is 5.66 Å². The van der Waals surface area contributed by atoms with Gasteiger partial charge < -0.3 is 28.6 Å². The number of anilines is 1. The van der Waals surface area contributed by atoms with Crippen molar-refractivity contribution >= 4 is 17.6 Å². The first kappa shape index (κ1) is 19.4. The summed E-state index contributed by atoms with van der Waals surface area (Å²) in [5.74, 6) is 1.58. The quantitative estimate of drug-likeness (QED) is 0.718. The van der Waals surface area contributed by atoms with E-state index in [2.05, 4.69) is 16.9 Å². The molecule has 25 heavy (non-hydrogen) atoms. The third kappa shape index (κ3) is 4.18. The van der Waals surface area contributed by atoms with Crippen molar-refractivity contribution in [2.45, 2.75) is 57.5 Å². The highest BCUT2D eigenvalue weighted by Crippen LogP contribution is 2.39. The molecule has 0 bridgehead atoms. The molecule has 0 saturated heterocycles. The zero-order chi connectivity index (χ0) is 17.0. The minimum atomic E-state index is -0.390. The third-order valence-corrected chi connectivity index (χ3v) is 4.71. The molecule has 1 aliphatic heterocycles. The molecule has 1 spiro atoms. The molecule has 0 amide bonds. The summed E-state index contributed by atoms with van der Waals surface area (Å²) in [7, 11) is 0. The Kier molecular flexibility index (Phi) is 6.53. The molecule has 6 nitrogen and oxygen atoms in total. The highest BCUT2D eigenvalue weighted by atomic mass is 35.5. The Bertz CT molecular complexity index is 623. The number of guanidine groups is 2. The minimum Gasteiger partial charge on any atom is -1.00 e. The Hall–Kier alpha value is -1.95. The average Bonchev–Trinajstić information content (AvgIpc) is 2.56. The molecule has 2 aliphatic rings. The molecule has 138 valence electrons. The maximum atomic E-state index is 6.23. The van der Waals surface area contributed by atoms with Crippen molar-refractivity contribution < 1.29 is 17.1 Å². The Morgan fingerprint density at radius 3 is 2.44 bits per heavy atom. The van der Waals surface area contributed by atoms with Gasteiger partial charge in [0.05, 0.1) is 6.61 Å². The zero-order valence-corrected chi connectivity index (χ0v) is 15.5. The van der Waals surface area contributed by atoms with Crippen molar-refractivity contribution in [2.24, 2.45) is 21.5 Å². The van der Waals surface area contributed by atoms with E-state index in [9.17, 15) is 0 Å². The lowest BCUT2D eigenvalue weighted by atomic mass is 9.87. The number of hydrogen-bond acceptors (Lipinski definition) is 6. The van der Waals surface area contributed by atoms with E-state index in [4.69, 9.17) is 16.2 Å². The van der Waals surface area contributed by atoms with E-state index in [0.717, 1.165) is 56.6 Å². The monoisotopic (exact) mass is 364 g/mol. The van der Waals surface area contributed by atoms with Crippen LogP contribution >= 0.6 is 0 Å². The molecule has 1 fully saturated rings. The average molecular weight is 365 g/mol. The Labute approximate surface area is 155 Å². The van der Waals surface area contributed by atoms with Gasteiger partial charge in [-0.2, -0.15) is 4.99 Å². The van der Waals surface area contributed by atoms with Gasteiger partial charge in [0.15, 0.2) is 0 Å². The number of benzene rings is 1. The van der Waals surface area contributed by atoms with Gasteiger partial charge in [-0.3, -0.25) is 4.90 Å². The maximum Gasteiger partial charge on any atom is 0.220 e. The van der Waals surface area contributed by atoms with Crippen LogP contribution in [0.15, 0.2) is 34.3 Å². The summed E-state index contributed by atoms with van der Waals surface area (Å²) in [5.41, 5.74) is 12.7. The SMILES string of the molecule is CCCCOc1ccc(N2C(N)=NC(N)=NC23CCCCC3)cc1.[Cl-]. The molecule has 4 N–H and O–H groups in total. The van der Waals surface area contributed by atoms with E-state index >= 15 is 0 Å². The first-order chi connectivity index (χ1) is 11.6. The van der Waals surface area contributed by atoms with Gasteiger partial charge in [0.2, 0.25) is 11.9 Å². The smallest absolute Gasteiger partial charge is 0.220 e. The van der Waals surface area contributed by atoms with Crippen LogP contribution in [0.2, 0.25) is 0 Å². The lowest BCUT2D eigenvalue weighted by Gasteiger charge is -2.45. The van der Waals surface area contributed by atoms with Crippen LogP contribution in [0.5, 0.6) is 5.75 Å². The number of ether oxygens (including phenoxy) is 1. The van der Waals surface area contributed by atoms with Gasteiger partial charge >= 0.3 is 0 Å². The lowest BCUT2D eigenvalue weighted by molar-refractivity contribution is -0.00000626. The molecular weight excluding hydrogens is 338 g/mol. The van der Waals surface area contributed by atoms with Crippen LogP contribution in [0, 0.1) is 0 Å². The predicted octanol–water partition coefficient (Wildman–Crippen LogP) is -0.0207. The van der Waals surface area contributed by atoms with E-state index in [1.54, 1.807) is 0 Å². The molecule has 1 aromatic rings. The van der Waals surface area contributed by atoms with Crippen LogP contribution < -0.4 is 33.5 Å². The summed E-state index contributed by atoms with van der Waals surface area (Å²) in [6.07, 6.45) is 7.55. The lowest BCUT2D eigenvalue weighted by Crippen LogP contribution is -3.00. The molecule has 1 aliphatic carbocycles. The number of nitrogens with two attached hydrogens (primary N) is 2. The minimum absolute atomic E-state index is 0. The van der Waals surface area contributed by atoms with Gasteiger partial charge in [-0.25, -0.2) is 4.99 Å². The molecule has 1 saturated carbocycles. The summed E-state index contributed by atoms with van der Waals surface area (Å²) >= 11 is 0. The molecular formula is C18H27ClN5O-. The van der Waals surface area contributed by atoms with E-state index in [1.807, 2.05) is 29.2 Å². The van der Waals surface area contributed by atoms with Crippen molar-refractivity contribution in [3.63, 3.8) is 0 Å². The van der Waals surface area contributed by atoms with Crippen molar-refractivity contribution in [1.82, 2.24) is 0 Å². The number of aliphatic imine (C=N–C) groups is 2. The van der Waals surface area contributed by atoms with Gasteiger partial charge in [-0.05, 0) is 56.4 Å². The number of unbranched alkanes of at least 4 members (excludes halogenated alkanes) is 1. The second-order valence-electron chi connectivity index (χ2n) is 6.51. The number of nitrogens with zero attached hydrogens (tertiary/aromatic N) is 3. The fraction of sp³-hybridized carbons (Fsp3) is 0.556. The summed E-state index contributed by atoms with van der Waals surface area (Å²) < 4.78 is 5.74. The normalized spacial score (nSPS) is 19.0. The van der Waals surface area contributed by atoms with Crippen LogP contribution in [-0.2, 0) is 0 Å². The molecule has 1 heterocycles. The van der Waals surface area contributed by atoms with Crippen molar-refractivity contribution in [1.29, 1.82) is 0 Å². The molecule has 0 atom stereocenters. The Morgan fingerprint density at radius 2 is 1.80 bits per heavy atom. The zero-order valence-electron chi connectivity index (χ0n) is 14.7. The van der Waals surface area contributed by atoms with E-state index in [0.29, 0.717) is 5.96 Å². The number of halogens is 1. The molecule has 7 heteroatoms. The second-order valence-corrected chi connectivity index (χ2v) is 6.51. The Morgan fingerprint density at radius 1 is 1.12 bits per heavy atom. The summed E-state index contributed by atoms with van der Waals surface area (Å²) in [6, 6.07) is 8.01. The fourth-order valence-electron chi connectivity index (χ4n) is 3.52. The topological polar surface area (TPSA) is 89.2 Å². The summed E-state index contributed by atoms with van der Waals surface area (Å²) in [4.78, 5) is 10.9. The molecule has 0 radical (unpaired) electrons. The van der Waals surface area contributed by atoms with Crippen LogP contribution in [0.3, 0.4) is 0 Å². The van der Waals surface area contributed by atoms with Gasteiger partial charge in [0, 0.05) is 5.69 Å². The predicted molar refractivity (Wildman–Crippen MR) is 98.4 cm³/mol. The largest absolute Gasteiger partial charge is 1.00 e. The molecule has 1 aromatic carbocycles. The highest BCUT2D eigenvalue weighted by Gasteiger charge is 2.42. The number of hydrogen-bond donors (Lipinski definition) is 2. The van der Waals surface area contributed by atoms with E-state index in [1.165, 1.54) is 6.42 Å². The van der Waals surface area contributed by atoms with Gasteiger partial charge in [-0.1, -0.05) is 19.8 Å². The van der Waals surface area contributed by atoms with Crippen LogP contribution in [0.25, 0.3) is 0 Å². The van der Waals surface area contributed by atoms with Crippen molar-refractivity contribution in [3.05, 3.63) is 24.3 Å². The molecule has 0 unspecified atom stereocenters. The maximum absolute atomic E-state index is 6.23. The highest BCUT2D eigenvalue weighted by molar-refractivity contribution is 6.05. The fourth-order valence-corrected chi connectivity index (χ4v) is 3.52. The first-order valence-corrected chi connectivity index (χ1v) is 8.87. The van der Waals surface area contributed by atoms with Crippen LogP contribution in [0.4, 0.5) is 5.69 Å². The summed E-state index contributed by atoms with van der Waals surface area (Å²) in [5, 5.41) is 0. The standard InChI is InChI=1S/C18H27N5O.ClH/c1-2-3-13-24-15-9-7-14(8-10-15)23-17(20)21-16(19)22-18(23)11-5-4-6-12-18;/h7-10H,2-6,11-13H2,1H3,(H4,19,20,21,22);1H/p-1. The van der Waals surface area contributed by atoms with Gasteiger partial charge in [0.25, 0.3) is 0 Å².